The number of hydrogen-bond acceptors (Lipinski definition) is 7. The summed E-state index contributed by atoms with van der Waals surface area (Å²) in [5.41, 5.74) is 5.23. The molecule has 0 radical (unpaired) electrons. The SMILES string of the molecule is CC(=NNC(=O)c1ccc(C(=O)NCc2ccncc2)s1)c1csc(-c2ccc(Cl)cc2)c1O. The topological polar surface area (TPSA) is 104 Å². The minimum Gasteiger partial charge on any atom is -0.506 e. The first-order valence-corrected chi connectivity index (χ1v) is 12.2. The number of nitrogens with one attached hydrogen (secondary N) is 2. The van der Waals surface area contributed by atoms with Gasteiger partial charge in [0.2, 0.25) is 0 Å². The lowest BCUT2D eigenvalue weighted by molar-refractivity contribution is 0.0950. The molecule has 10 heteroatoms. The molecule has 172 valence electrons. The number of benzene rings is 1. The molecular weight excluding hydrogens is 492 g/mol. The van der Waals surface area contributed by atoms with Gasteiger partial charge in [-0.3, -0.25) is 14.6 Å². The highest BCUT2D eigenvalue weighted by molar-refractivity contribution is 7.16. The van der Waals surface area contributed by atoms with Crippen molar-refractivity contribution in [3.8, 4) is 16.2 Å². The Balaban J connectivity index is 1.39. The average Bonchev–Trinajstić information content (AvgIpc) is 3.49. The summed E-state index contributed by atoms with van der Waals surface area (Å²) in [5.74, 6) is -0.615. The van der Waals surface area contributed by atoms with Gasteiger partial charge in [-0.05, 0) is 54.4 Å². The van der Waals surface area contributed by atoms with E-state index in [0.717, 1.165) is 22.5 Å². The summed E-state index contributed by atoms with van der Waals surface area (Å²) in [6.45, 7) is 2.06. The van der Waals surface area contributed by atoms with Gasteiger partial charge in [0.15, 0.2) is 0 Å². The van der Waals surface area contributed by atoms with Gasteiger partial charge in [-0.15, -0.1) is 22.7 Å². The van der Waals surface area contributed by atoms with Crippen LogP contribution in [0.1, 0.15) is 37.4 Å². The van der Waals surface area contributed by atoms with Gasteiger partial charge >= 0.3 is 0 Å². The average molecular weight is 511 g/mol. The number of halogens is 1. The van der Waals surface area contributed by atoms with Crippen LogP contribution in [0.15, 0.2) is 71.4 Å². The highest BCUT2D eigenvalue weighted by Crippen LogP contribution is 2.39. The molecule has 0 saturated heterocycles. The zero-order valence-corrected chi connectivity index (χ0v) is 20.3. The van der Waals surface area contributed by atoms with Gasteiger partial charge in [0.1, 0.15) is 5.75 Å². The molecule has 3 heterocycles. The van der Waals surface area contributed by atoms with Crippen LogP contribution in [-0.4, -0.2) is 27.6 Å². The second-order valence-electron chi connectivity index (χ2n) is 7.17. The molecule has 3 aromatic heterocycles. The van der Waals surface area contributed by atoms with E-state index in [1.54, 1.807) is 49.0 Å². The smallest absolute Gasteiger partial charge is 0.281 e. The summed E-state index contributed by atoms with van der Waals surface area (Å²) < 4.78 is 0. The molecule has 2 amide bonds. The Morgan fingerprint density at radius 3 is 2.41 bits per heavy atom. The number of carbonyl (C=O) groups is 2. The van der Waals surface area contributed by atoms with Crippen LogP contribution in [-0.2, 0) is 6.54 Å². The number of nitrogens with zero attached hydrogens (tertiary/aromatic N) is 2. The summed E-state index contributed by atoms with van der Waals surface area (Å²) >= 11 is 8.38. The first-order chi connectivity index (χ1) is 16.4. The molecule has 7 nitrogen and oxygen atoms in total. The number of carbonyl (C=O) groups excluding carboxylic acids is 2. The number of aromatic nitrogens is 1. The normalized spacial score (nSPS) is 11.3. The zero-order valence-electron chi connectivity index (χ0n) is 17.9. The molecule has 4 aromatic rings. The first-order valence-electron chi connectivity index (χ1n) is 10.1. The molecule has 1 aromatic carbocycles. The van der Waals surface area contributed by atoms with E-state index in [9.17, 15) is 14.7 Å². The van der Waals surface area contributed by atoms with Crippen molar-refractivity contribution in [1.82, 2.24) is 15.7 Å². The number of amides is 2. The van der Waals surface area contributed by atoms with Crippen molar-refractivity contribution < 1.29 is 14.7 Å². The Hall–Kier alpha value is -3.53. The standard InChI is InChI=1S/C24H19ClN4O3S2/c1-14(18-13-33-22(21(18)30)16-2-4-17(25)5-3-16)28-29-24(32)20-7-6-19(34-20)23(31)27-12-15-8-10-26-11-9-15/h2-11,13,30H,12H2,1H3,(H,27,31)(H,29,32). The van der Waals surface area contributed by atoms with Crippen molar-refractivity contribution in [1.29, 1.82) is 0 Å². The maximum absolute atomic E-state index is 12.5. The van der Waals surface area contributed by atoms with Crippen LogP contribution in [0.4, 0.5) is 0 Å². The molecule has 0 aliphatic carbocycles. The number of aromatic hydroxyl groups is 1. The summed E-state index contributed by atoms with van der Waals surface area (Å²) in [6, 6.07) is 14.0. The van der Waals surface area contributed by atoms with Crippen LogP contribution < -0.4 is 10.7 Å². The summed E-state index contributed by atoms with van der Waals surface area (Å²) in [6.07, 6.45) is 3.32. The fourth-order valence-electron chi connectivity index (χ4n) is 3.02. The van der Waals surface area contributed by atoms with Crippen molar-refractivity contribution in [2.24, 2.45) is 5.10 Å². The lowest BCUT2D eigenvalue weighted by atomic mass is 10.1. The first kappa shape index (κ1) is 23.6. The van der Waals surface area contributed by atoms with Crippen LogP contribution in [0.3, 0.4) is 0 Å². The lowest BCUT2D eigenvalue weighted by Crippen LogP contribution is -2.21. The largest absolute Gasteiger partial charge is 0.506 e. The van der Waals surface area contributed by atoms with Crippen molar-refractivity contribution in [2.75, 3.05) is 0 Å². The van der Waals surface area contributed by atoms with Gasteiger partial charge in [0.25, 0.3) is 11.8 Å². The lowest BCUT2D eigenvalue weighted by Gasteiger charge is -2.03. The molecule has 0 bridgehead atoms. The van der Waals surface area contributed by atoms with E-state index in [1.807, 2.05) is 24.3 Å². The highest BCUT2D eigenvalue weighted by Gasteiger charge is 2.16. The van der Waals surface area contributed by atoms with E-state index in [4.69, 9.17) is 11.6 Å². The molecular formula is C24H19ClN4O3S2. The molecule has 0 aliphatic rings. The van der Waals surface area contributed by atoms with Crippen molar-refractivity contribution in [3.63, 3.8) is 0 Å². The summed E-state index contributed by atoms with van der Waals surface area (Å²) in [5, 5.41) is 20.0. The number of hydrogen-bond donors (Lipinski definition) is 3. The Morgan fingerprint density at radius 1 is 1.03 bits per heavy atom. The number of thiophene rings is 2. The van der Waals surface area contributed by atoms with Crippen LogP contribution >= 0.6 is 34.3 Å². The maximum atomic E-state index is 12.5. The minimum atomic E-state index is -0.440. The van der Waals surface area contributed by atoms with Crippen LogP contribution in [0.25, 0.3) is 10.4 Å². The zero-order chi connectivity index (χ0) is 24.1. The molecule has 3 N–H and O–H groups in total. The fourth-order valence-corrected chi connectivity index (χ4v) is 4.97. The number of pyridine rings is 1. The van der Waals surface area contributed by atoms with E-state index in [2.05, 4.69) is 20.8 Å². The van der Waals surface area contributed by atoms with Gasteiger partial charge < -0.3 is 10.4 Å². The molecule has 0 fully saturated rings. The van der Waals surface area contributed by atoms with Crippen molar-refractivity contribution >= 4 is 51.8 Å². The van der Waals surface area contributed by atoms with Gasteiger partial charge in [0, 0.05) is 29.3 Å². The number of hydrazone groups is 1. The van der Waals surface area contributed by atoms with E-state index in [-0.39, 0.29) is 11.7 Å². The predicted octanol–water partition coefficient (Wildman–Crippen LogP) is 5.31. The van der Waals surface area contributed by atoms with Crippen molar-refractivity contribution in [3.05, 3.63) is 92.2 Å². The van der Waals surface area contributed by atoms with E-state index >= 15 is 0 Å². The quantitative estimate of drug-likeness (QED) is 0.231. The molecule has 0 atom stereocenters. The third-order valence-electron chi connectivity index (χ3n) is 4.84. The second-order valence-corrected chi connectivity index (χ2v) is 9.57. The molecule has 0 unspecified atom stereocenters. The van der Waals surface area contributed by atoms with Crippen LogP contribution in [0.5, 0.6) is 5.75 Å². The number of rotatable bonds is 7. The van der Waals surface area contributed by atoms with E-state index < -0.39 is 5.91 Å². The third-order valence-corrected chi connectivity index (χ3v) is 7.20. The molecule has 0 aliphatic heterocycles. The third kappa shape index (κ3) is 5.51. The van der Waals surface area contributed by atoms with Gasteiger partial charge in [-0.2, -0.15) is 5.10 Å². The van der Waals surface area contributed by atoms with Crippen molar-refractivity contribution in [2.45, 2.75) is 13.5 Å². The van der Waals surface area contributed by atoms with Gasteiger partial charge in [-0.25, -0.2) is 5.43 Å². The maximum Gasteiger partial charge on any atom is 0.281 e. The Morgan fingerprint density at radius 2 is 1.71 bits per heavy atom. The molecule has 34 heavy (non-hydrogen) atoms. The Labute approximate surface area is 208 Å². The van der Waals surface area contributed by atoms with Crippen LogP contribution in [0, 0.1) is 0 Å². The highest BCUT2D eigenvalue weighted by atomic mass is 35.5. The summed E-state index contributed by atoms with van der Waals surface area (Å²) in [7, 11) is 0. The Bertz CT molecular complexity index is 1350. The summed E-state index contributed by atoms with van der Waals surface area (Å²) in [4.78, 5) is 30.3. The van der Waals surface area contributed by atoms with E-state index in [0.29, 0.717) is 37.5 Å². The van der Waals surface area contributed by atoms with E-state index in [1.165, 1.54) is 11.3 Å². The van der Waals surface area contributed by atoms with Gasteiger partial charge in [-0.1, -0.05) is 23.7 Å². The van der Waals surface area contributed by atoms with Crippen LogP contribution in [0.2, 0.25) is 5.02 Å². The predicted molar refractivity (Wildman–Crippen MR) is 136 cm³/mol. The monoisotopic (exact) mass is 510 g/mol. The van der Waals surface area contributed by atoms with Gasteiger partial charge in [0.05, 0.1) is 25.9 Å². The fraction of sp³-hybridized carbons (Fsp3) is 0.0833. The Kier molecular flexibility index (Phi) is 7.36. The molecule has 4 rings (SSSR count). The minimum absolute atomic E-state index is 0.0899. The molecule has 0 saturated carbocycles. The second kappa shape index (κ2) is 10.6. The molecule has 0 spiro atoms.